The Bertz CT molecular complexity index is 537. The van der Waals surface area contributed by atoms with Gasteiger partial charge in [0, 0.05) is 0 Å². The maximum absolute atomic E-state index is 12.0. The zero-order chi connectivity index (χ0) is 14.7. The number of rotatable bonds is 6. The zero-order valence-electron chi connectivity index (χ0n) is 9.68. The normalized spacial score (nSPS) is 12.7. The van der Waals surface area contributed by atoms with E-state index in [0.717, 1.165) is 6.07 Å². The van der Waals surface area contributed by atoms with E-state index >= 15 is 0 Å². The van der Waals surface area contributed by atoms with Gasteiger partial charge >= 0.3 is 0 Å². The molecule has 19 heavy (non-hydrogen) atoms. The van der Waals surface area contributed by atoms with Crippen molar-refractivity contribution in [2.75, 3.05) is 19.8 Å². The van der Waals surface area contributed by atoms with E-state index in [0.29, 0.717) is 0 Å². The average Bonchev–Trinajstić information content (AvgIpc) is 2.39. The fourth-order valence-electron chi connectivity index (χ4n) is 1.23. The maximum Gasteiger partial charge on any atom is 0.241 e. The van der Waals surface area contributed by atoms with E-state index in [4.69, 9.17) is 38.5 Å². The molecule has 0 atom stereocenters. The van der Waals surface area contributed by atoms with Crippen LogP contribution in [0.1, 0.15) is 0 Å². The first-order valence-corrected chi connectivity index (χ1v) is 7.36. The second-order valence-corrected chi connectivity index (χ2v) is 6.43. The number of benzene rings is 1. The average molecular weight is 330 g/mol. The molecule has 0 aromatic heterocycles. The van der Waals surface area contributed by atoms with Crippen molar-refractivity contribution < 1.29 is 23.7 Å². The Labute approximate surface area is 120 Å². The number of aliphatic hydroxyl groups is 3. The molecule has 0 saturated carbocycles. The van der Waals surface area contributed by atoms with E-state index in [1.807, 2.05) is 4.72 Å². The van der Waals surface area contributed by atoms with Gasteiger partial charge in [-0.1, -0.05) is 23.2 Å². The Morgan fingerprint density at radius 2 is 1.58 bits per heavy atom. The second-order valence-electron chi connectivity index (χ2n) is 3.94. The van der Waals surface area contributed by atoms with E-state index in [2.05, 4.69) is 0 Å². The fourth-order valence-corrected chi connectivity index (χ4v) is 3.00. The number of halogens is 2. The van der Waals surface area contributed by atoms with E-state index in [-0.39, 0.29) is 14.9 Å². The van der Waals surface area contributed by atoms with Crippen molar-refractivity contribution in [2.24, 2.45) is 0 Å². The summed E-state index contributed by atoms with van der Waals surface area (Å²) in [4.78, 5) is -0.193. The van der Waals surface area contributed by atoms with Crippen molar-refractivity contribution in [2.45, 2.75) is 10.4 Å². The van der Waals surface area contributed by atoms with Crippen LogP contribution in [0.5, 0.6) is 0 Å². The molecule has 6 nitrogen and oxygen atoms in total. The molecule has 1 aromatic carbocycles. The summed E-state index contributed by atoms with van der Waals surface area (Å²) >= 11 is 11.4. The Morgan fingerprint density at radius 3 is 2.00 bits per heavy atom. The largest absolute Gasteiger partial charge is 0.394 e. The minimum absolute atomic E-state index is 0.0483. The Morgan fingerprint density at radius 1 is 1.05 bits per heavy atom. The van der Waals surface area contributed by atoms with Gasteiger partial charge in [0.1, 0.15) is 5.54 Å². The Balaban J connectivity index is 3.14. The third-order valence-electron chi connectivity index (χ3n) is 2.46. The van der Waals surface area contributed by atoms with Crippen LogP contribution < -0.4 is 4.72 Å². The molecule has 4 N–H and O–H groups in total. The van der Waals surface area contributed by atoms with E-state index in [1.165, 1.54) is 12.1 Å². The van der Waals surface area contributed by atoms with Crippen LogP contribution in [0, 0.1) is 0 Å². The first kappa shape index (κ1) is 16.6. The lowest BCUT2D eigenvalue weighted by Crippen LogP contribution is -2.56. The number of aliphatic hydroxyl groups excluding tert-OH is 3. The summed E-state index contributed by atoms with van der Waals surface area (Å²) in [5.74, 6) is 0. The van der Waals surface area contributed by atoms with Gasteiger partial charge in [0.2, 0.25) is 10.0 Å². The van der Waals surface area contributed by atoms with Gasteiger partial charge in [-0.3, -0.25) is 0 Å². The second kappa shape index (κ2) is 6.36. The predicted octanol–water partition coefficient (Wildman–Crippen LogP) is -0.0126. The molecule has 0 aliphatic rings. The molecule has 0 fully saturated rings. The SMILES string of the molecule is O=S(=O)(NC(CO)(CO)CO)c1ccc(Cl)c(Cl)c1. The standard InChI is InChI=1S/C10H13Cl2NO5S/c11-8-2-1-7(3-9(8)12)19(17,18)13-10(4-14,5-15)6-16/h1-3,13-16H,4-6H2. The molecular formula is C10H13Cl2NO5S. The highest BCUT2D eigenvalue weighted by atomic mass is 35.5. The Hall–Kier alpha value is -0.410. The molecule has 0 unspecified atom stereocenters. The van der Waals surface area contributed by atoms with Gasteiger partial charge in [-0.15, -0.1) is 0 Å². The van der Waals surface area contributed by atoms with Gasteiger partial charge in [0.05, 0.1) is 34.8 Å². The molecule has 0 aliphatic heterocycles. The highest BCUT2D eigenvalue weighted by Crippen LogP contribution is 2.25. The van der Waals surface area contributed by atoms with Crippen molar-refractivity contribution >= 4 is 33.2 Å². The molecule has 0 saturated heterocycles. The van der Waals surface area contributed by atoms with E-state index in [9.17, 15) is 8.42 Å². The lowest BCUT2D eigenvalue weighted by Gasteiger charge is -2.28. The molecule has 0 heterocycles. The number of hydrogen-bond acceptors (Lipinski definition) is 5. The number of hydrogen-bond donors (Lipinski definition) is 4. The lowest BCUT2D eigenvalue weighted by atomic mass is 10.1. The van der Waals surface area contributed by atoms with Crippen molar-refractivity contribution in [3.8, 4) is 0 Å². The van der Waals surface area contributed by atoms with Gasteiger partial charge in [-0.05, 0) is 18.2 Å². The third-order valence-corrected chi connectivity index (χ3v) is 4.78. The summed E-state index contributed by atoms with van der Waals surface area (Å²) in [6, 6.07) is 3.65. The van der Waals surface area contributed by atoms with Crippen LogP contribution >= 0.6 is 23.2 Å². The highest BCUT2D eigenvalue weighted by molar-refractivity contribution is 7.89. The molecule has 0 aliphatic carbocycles. The van der Waals surface area contributed by atoms with Crippen molar-refractivity contribution in [3.63, 3.8) is 0 Å². The number of nitrogens with one attached hydrogen (secondary N) is 1. The highest BCUT2D eigenvalue weighted by Gasteiger charge is 2.34. The molecule has 1 aromatic rings. The first-order valence-electron chi connectivity index (χ1n) is 5.12. The van der Waals surface area contributed by atoms with Gasteiger partial charge < -0.3 is 15.3 Å². The molecule has 9 heteroatoms. The molecule has 0 bridgehead atoms. The predicted molar refractivity (Wildman–Crippen MR) is 70.8 cm³/mol. The smallest absolute Gasteiger partial charge is 0.241 e. The van der Waals surface area contributed by atoms with E-state index < -0.39 is 35.4 Å². The minimum atomic E-state index is -4.07. The Kier molecular flexibility index (Phi) is 5.57. The summed E-state index contributed by atoms with van der Waals surface area (Å²) in [7, 11) is -4.07. The zero-order valence-corrected chi connectivity index (χ0v) is 12.0. The van der Waals surface area contributed by atoms with Crippen LogP contribution in [0.25, 0.3) is 0 Å². The lowest BCUT2D eigenvalue weighted by molar-refractivity contribution is 0.0582. The summed E-state index contributed by atoms with van der Waals surface area (Å²) in [6.07, 6.45) is 0. The van der Waals surface area contributed by atoms with Crippen molar-refractivity contribution in [1.29, 1.82) is 0 Å². The summed E-state index contributed by atoms with van der Waals surface area (Å²) in [5, 5.41) is 27.5. The quantitative estimate of drug-likeness (QED) is 0.587. The molecule has 0 spiro atoms. The molecule has 0 radical (unpaired) electrons. The van der Waals surface area contributed by atoms with Gasteiger partial charge in [0.25, 0.3) is 0 Å². The first-order chi connectivity index (χ1) is 8.80. The van der Waals surface area contributed by atoms with Crippen LogP contribution in [0.2, 0.25) is 10.0 Å². The van der Waals surface area contributed by atoms with Crippen LogP contribution in [0.3, 0.4) is 0 Å². The van der Waals surface area contributed by atoms with Crippen LogP contribution in [-0.4, -0.2) is 49.1 Å². The topological polar surface area (TPSA) is 107 Å². The maximum atomic E-state index is 12.0. The van der Waals surface area contributed by atoms with Crippen LogP contribution in [0.15, 0.2) is 23.1 Å². The molecule has 0 amide bonds. The monoisotopic (exact) mass is 329 g/mol. The van der Waals surface area contributed by atoms with E-state index in [1.54, 1.807) is 0 Å². The van der Waals surface area contributed by atoms with Crippen molar-refractivity contribution in [3.05, 3.63) is 28.2 Å². The van der Waals surface area contributed by atoms with Gasteiger partial charge in [-0.25, -0.2) is 8.42 Å². The molecule has 1 rings (SSSR count). The molecular weight excluding hydrogens is 317 g/mol. The minimum Gasteiger partial charge on any atom is -0.394 e. The summed E-state index contributed by atoms with van der Waals surface area (Å²) in [5.41, 5.74) is -1.75. The van der Waals surface area contributed by atoms with Crippen molar-refractivity contribution in [1.82, 2.24) is 4.72 Å². The van der Waals surface area contributed by atoms with Crippen LogP contribution in [-0.2, 0) is 10.0 Å². The van der Waals surface area contributed by atoms with Crippen LogP contribution in [0.4, 0.5) is 0 Å². The van der Waals surface area contributed by atoms with Gasteiger partial charge in [-0.2, -0.15) is 4.72 Å². The summed E-state index contributed by atoms with van der Waals surface area (Å²) < 4.78 is 26.1. The third kappa shape index (κ3) is 3.79. The molecule has 108 valence electrons. The summed E-state index contributed by atoms with van der Waals surface area (Å²) in [6.45, 7) is -2.29. The fraction of sp³-hybridized carbons (Fsp3) is 0.400. The number of sulfonamides is 1. The van der Waals surface area contributed by atoms with Gasteiger partial charge in [0.15, 0.2) is 0 Å².